The van der Waals surface area contributed by atoms with E-state index in [4.69, 9.17) is 4.74 Å². The second kappa shape index (κ2) is 7.66. The number of carbonyl (C=O) groups excluding carboxylic acids is 1. The van der Waals surface area contributed by atoms with Gasteiger partial charge in [0.15, 0.2) is 0 Å². The number of nitrogens with one attached hydrogen (secondary N) is 2. The predicted molar refractivity (Wildman–Crippen MR) is 120 cm³/mol. The molecule has 0 bridgehead atoms. The molecule has 3 aromatic heterocycles. The van der Waals surface area contributed by atoms with E-state index in [0.717, 1.165) is 38.8 Å². The number of carbonyl (C=O) groups is 1. The summed E-state index contributed by atoms with van der Waals surface area (Å²) in [6.07, 6.45) is 5.42. The van der Waals surface area contributed by atoms with E-state index in [9.17, 15) is 4.79 Å². The summed E-state index contributed by atoms with van der Waals surface area (Å²) < 4.78 is 5.58. The van der Waals surface area contributed by atoms with Gasteiger partial charge in [-0.25, -0.2) is 15.0 Å². The highest BCUT2D eigenvalue weighted by molar-refractivity contribution is 7.19. The van der Waals surface area contributed by atoms with E-state index in [-0.39, 0.29) is 5.91 Å². The van der Waals surface area contributed by atoms with Crippen molar-refractivity contribution in [2.24, 2.45) is 0 Å². The summed E-state index contributed by atoms with van der Waals surface area (Å²) in [5, 5.41) is 4.49. The first-order chi connectivity index (χ1) is 15.0. The molecule has 31 heavy (non-hydrogen) atoms. The number of hydrogen-bond donors (Lipinski definition) is 2. The lowest BCUT2D eigenvalue weighted by Gasteiger charge is -2.26. The second-order valence-corrected chi connectivity index (χ2v) is 8.69. The summed E-state index contributed by atoms with van der Waals surface area (Å²) in [5.74, 6) is 1.50. The Kier molecular flexibility index (Phi) is 4.82. The largest absolute Gasteiger partial charge is 0.495 e. The van der Waals surface area contributed by atoms with Crippen LogP contribution in [0, 0.1) is 13.8 Å². The smallest absolute Gasteiger partial charge is 0.272 e. The first-order valence-electron chi connectivity index (χ1n) is 10.00. The SMILES string of the molecule is COc1cc(C)c(C)cc1Nc1ncnc2sc3c(c12)CCN(C(=O)c1cnc[nH]1)C3. The van der Waals surface area contributed by atoms with Crippen molar-refractivity contribution in [3.8, 4) is 5.75 Å². The average Bonchev–Trinajstić information content (AvgIpc) is 3.43. The third kappa shape index (κ3) is 3.40. The number of ether oxygens (including phenoxy) is 1. The van der Waals surface area contributed by atoms with Crippen molar-refractivity contribution in [1.29, 1.82) is 0 Å². The summed E-state index contributed by atoms with van der Waals surface area (Å²) in [7, 11) is 1.67. The third-order valence-electron chi connectivity index (χ3n) is 5.72. The van der Waals surface area contributed by atoms with Gasteiger partial charge >= 0.3 is 0 Å². The molecule has 2 N–H and O–H groups in total. The van der Waals surface area contributed by atoms with Gasteiger partial charge in [0.2, 0.25) is 0 Å². The van der Waals surface area contributed by atoms with Gasteiger partial charge in [0.05, 0.1) is 37.3 Å². The molecule has 1 aliphatic heterocycles. The number of thiophene rings is 1. The van der Waals surface area contributed by atoms with Crippen LogP contribution in [0.3, 0.4) is 0 Å². The number of imidazole rings is 1. The highest BCUT2D eigenvalue weighted by Crippen LogP contribution is 2.39. The van der Waals surface area contributed by atoms with Gasteiger partial charge in [0.25, 0.3) is 5.91 Å². The fourth-order valence-corrected chi connectivity index (χ4v) is 5.13. The van der Waals surface area contributed by atoms with Crippen LogP contribution in [0.15, 0.2) is 31.0 Å². The molecule has 8 nitrogen and oxygen atoms in total. The van der Waals surface area contributed by atoms with Crippen LogP contribution < -0.4 is 10.1 Å². The molecule has 9 heteroatoms. The average molecular weight is 435 g/mol. The zero-order valence-electron chi connectivity index (χ0n) is 17.5. The maximum Gasteiger partial charge on any atom is 0.272 e. The van der Waals surface area contributed by atoms with Gasteiger partial charge in [0.1, 0.15) is 28.4 Å². The molecular formula is C22H22N6O2S. The van der Waals surface area contributed by atoms with E-state index in [1.54, 1.807) is 31.0 Å². The fourth-order valence-electron chi connectivity index (χ4n) is 3.92. The van der Waals surface area contributed by atoms with Crippen molar-refractivity contribution >= 4 is 39.0 Å². The van der Waals surface area contributed by atoms with Crippen molar-refractivity contribution < 1.29 is 9.53 Å². The van der Waals surface area contributed by atoms with Gasteiger partial charge in [-0.3, -0.25) is 4.79 Å². The molecule has 0 saturated carbocycles. The normalized spacial score (nSPS) is 13.3. The van der Waals surface area contributed by atoms with Crippen LogP contribution >= 0.6 is 11.3 Å². The van der Waals surface area contributed by atoms with E-state index in [0.29, 0.717) is 18.8 Å². The van der Waals surface area contributed by atoms with E-state index in [1.165, 1.54) is 23.0 Å². The minimum atomic E-state index is -0.0371. The van der Waals surface area contributed by atoms with Crippen LogP contribution in [0.25, 0.3) is 10.2 Å². The summed E-state index contributed by atoms with van der Waals surface area (Å²) in [6.45, 7) is 5.34. The molecule has 4 aromatic rings. The van der Waals surface area contributed by atoms with Gasteiger partial charge < -0.3 is 19.9 Å². The van der Waals surface area contributed by atoms with Crippen LogP contribution in [0.4, 0.5) is 11.5 Å². The van der Waals surface area contributed by atoms with Gasteiger partial charge in [-0.15, -0.1) is 11.3 Å². The van der Waals surface area contributed by atoms with Crippen LogP contribution in [-0.4, -0.2) is 44.4 Å². The lowest BCUT2D eigenvalue weighted by molar-refractivity contribution is 0.0732. The molecule has 0 fully saturated rings. The van der Waals surface area contributed by atoms with Crippen LogP contribution in [0.2, 0.25) is 0 Å². The number of fused-ring (bicyclic) bond motifs is 3. The Labute approximate surface area is 183 Å². The number of H-pyrrole nitrogens is 1. The fraction of sp³-hybridized carbons (Fsp3) is 0.273. The molecule has 158 valence electrons. The molecule has 1 aliphatic rings. The van der Waals surface area contributed by atoms with Crippen molar-refractivity contribution in [1.82, 2.24) is 24.8 Å². The Bertz CT molecular complexity index is 1280. The van der Waals surface area contributed by atoms with Crippen molar-refractivity contribution in [2.75, 3.05) is 19.0 Å². The molecule has 5 rings (SSSR count). The van der Waals surface area contributed by atoms with Crippen LogP contribution in [0.1, 0.15) is 32.1 Å². The predicted octanol–water partition coefficient (Wildman–Crippen LogP) is 3.98. The Morgan fingerprint density at radius 3 is 2.87 bits per heavy atom. The molecule has 0 aliphatic carbocycles. The topological polar surface area (TPSA) is 96.0 Å². The molecule has 0 saturated heterocycles. The number of anilines is 2. The maximum absolute atomic E-state index is 12.7. The van der Waals surface area contributed by atoms with E-state index in [1.807, 2.05) is 11.0 Å². The maximum atomic E-state index is 12.7. The summed E-state index contributed by atoms with van der Waals surface area (Å²) in [4.78, 5) is 32.5. The quantitative estimate of drug-likeness (QED) is 0.504. The number of amides is 1. The van der Waals surface area contributed by atoms with Crippen LogP contribution in [0.5, 0.6) is 5.75 Å². The van der Waals surface area contributed by atoms with Crippen molar-refractivity contribution in [2.45, 2.75) is 26.8 Å². The van der Waals surface area contributed by atoms with E-state index < -0.39 is 0 Å². The standard InChI is InChI=1S/C22H22N6O2S/c1-12-6-15(17(30-3)7-13(12)2)27-20-19-14-4-5-28(22(29)16-8-23-10-24-16)9-18(14)31-21(19)26-11-25-20/h6-8,10-11H,4-5,9H2,1-3H3,(H,23,24)(H,25,26,27). The summed E-state index contributed by atoms with van der Waals surface area (Å²) in [5.41, 5.74) is 4.93. The molecule has 1 aromatic carbocycles. The number of benzene rings is 1. The Morgan fingerprint density at radius 2 is 2.10 bits per heavy atom. The molecular weight excluding hydrogens is 412 g/mol. The highest BCUT2D eigenvalue weighted by Gasteiger charge is 2.27. The zero-order valence-corrected chi connectivity index (χ0v) is 18.3. The molecule has 1 amide bonds. The number of aryl methyl sites for hydroxylation is 2. The number of nitrogens with zero attached hydrogens (tertiary/aromatic N) is 4. The summed E-state index contributed by atoms with van der Waals surface area (Å²) in [6, 6.07) is 4.10. The van der Waals surface area contributed by atoms with Gasteiger partial charge in [-0.2, -0.15) is 0 Å². The Balaban J connectivity index is 1.51. The molecule has 0 atom stereocenters. The number of rotatable bonds is 4. The van der Waals surface area contributed by atoms with Gasteiger partial charge in [-0.1, -0.05) is 0 Å². The minimum Gasteiger partial charge on any atom is -0.495 e. The first-order valence-corrected chi connectivity index (χ1v) is 10.8. The number of aromatic amines is 1. The minimum absolute atomic E-state index is 0.0371. The molecule has 0 spiro atoms. The number of methoxy groups -OCH3 is 1. The zero-order chi connectivity index (χ0) is 21.5. The number of aromatic nitrogens is 4. The highest BCUT2D eigenvalue weighted by atomic mass is 32.1. The summed E-state index contributed by atoms with van der Waals surface area (Å²) >= 11 is 1.62. The molecule has 0 unspecified atom stereocenters. The van der Waals surface area contributed by atoms with Crippen molar-refractivity contribution in [3.05, 3.63) is 58.2 Å². The second-order valence-electron chi connectivity index (χ2n) is 7.61. The van der Waals surface area contributed by atoms with Crippen molar-refractivity contribution in [3.63, 3.8) is 0 Å². The third-order valence-corrected chi connectivity index (χ3v) is 6.85. The van der Waals surface area contributed by atoms with Gasteiger partial charge in [-0.05, 0) is 49.1 Å². The van der Waals surface area contributed by atoms with E-state index >= 15 is 0 Å². The Morgan fingerprint density at radius 1 is 1.26 bits per heavy atom. The Hall–Kier alpha value is -3.46. The lowest BCUT2D eigenvalue weighted by Crippen LogP contribution is -2.35. The first kappa shape index (κ1) is 19.5. The van der Waals surface area contributed by atoms with E-state index in [2.05, 4.69) is 45.2 Å². The van der Waals surface area contributed by atoms with Crippen LogP contribution in [-0.2, 0) is 13.0 Å². The molecule has 4 heterocycles. The lowest BCUT2D eigenvalue weighted by atomic mass is 10.0. The van der Waals surface area contributed by atoms with Gasteiger partial charge in [0, 0.05) is 11.4 Å². The molecule has 0 radical (unpaired) electrons. The monoisotopic (exact) mass is 434 g/mol. The number of hydrogen-bond acceptors (Lipinski definition) is 7.